The third kappa shape index (κ3) is 2.25. The topological polar surface area (TPSA) is 51.2 Å². The molecule has 1 N–H and O–H groups in total. The molecule has 1 fully saturated rings. The fourth-order valence-corrected chi connectivity index (χ4v) is 2.41. The number of benzene rings is 1. The van der Waals surface area contributed by atoms with Gasteiger partial charge in [-0.05, 0) is 31.0 Å². The third-order valence-corrected chi connectivity index (χ3v) is 3.62. The average Bonchev–Trinajstić information content (AvgIpc) is 3.28. The fraction of sp³-hybridized carbons (Fsp3) is 0.250. The van der Waals surface area contributed by atoms with Crippen molar-refractivity contribution in [2.75, 3.05) is 7.11 Å². The van der Waals surface area contributed by atoms with E-state index in [2.05, 4.69) is 10.3 Å². The quantitative estimate of drug-likeness (QED) is 0.927. The van der Waals surface area contributed by atoms with Gasteiger partial charge in [0, 0.05) is 11.8 Å². The highest BCUT2D eigenvalue weighted by Crippen LogP contribution is 2.48. The molecular weight excluding hydrogens is 252 g/mol. The van der Waals surface area contributed by atoms with Crippen LogP contribution < -0.4 is 10.1 Å². The van der Waals surface area contributed by atoms with Gasteiger partial charge in [0.15, 0.2) is 0 Å². The van der Waals surface area contributed by atoms with Crippen LogP contribution in [0.2, 0.25) is 0 Å². The molecule has 2 aromatic rings. The van der Waals surface area contributed by atoms with Gasteiger partial charge >= 0.3 is 0 Å². The van der Waals surface area contributed by atoms with Gasteiger partial charge in [0.25, 0.3) is 5.91 Å². The SMILES string of the molecule is COc1ccccc1C1(NC(=O)c2ccccn2)CC1. The standard InChI is InChI=1S/C16H16N2O2/c1-20-14-8-3-2-6-12(14)16(9-10-16)18-15(19)13-7-4-5-11-17-13/h2-8,11H,9-10H2,1H3,(H,18,19). The lowest BCUT2D eigenvalue weighted by molar-refractivity contribution is 0.0925. The van der Waals surface area contributed by atoms with E-state index < -0.39 is 0 Å². The number of ether oxygens (including phenoxy) is 1. The molecule has 0 spiro atoms. The molecule has 0 atom stereocenters. The molecule has 1 aliphatic rings. The molecular formula is C16H16N2O2. The molecule has 1 heterocycles. The Bertz CT molecular complexity index is 621. The molecule has 1 aromatic heterocycles. The minimum absolute atomic E-state index is 0.144. The molecule has 102 valence electrons. The number of rotatable bonds is 4. The lowest BCUT2D eigenvalue weighted by Gasteiger charge is -2.20. The maximum atomic E-state index is 12.3. The second-order valence-electron chi connectivity index (χ2n) is 4.95. The maximum absolute atomic E-state index is 12.3. The van der Waals surface area contributed by atoms with E-state index in [1.807, 2.05) is 30.3 Å². The number of methoxy groups -OCH3 is 1. The molecule has 1 saturated carbocycles. The van der Waals surface area contributed by atoms with Crippen molar-refractivity contribution in [3.05, 3.63) is 59.9 Å². The first kappa shape index (κ1) is 12.7. The van der Waals surface area contributed by atoms with Crippen molar-refractivity contribution in [3.63, 3.8) is 0 Å². The zero-order valence-electron chi connectivity index (χ0n) is 11.3. The van der Waals surface area contributed by atoms with E-state index in [0.29, 0.717) is 5.69 Å². The highest BCUT2D eigenvalue weighted by molar-refractivity contribution is 5.93. The number of hydrogen-bond acceptors (Lipinski definition) is 3. The number of para-hydroxylation sites is 1. The summed E-state index contributed by atoms with van der Waals surface area (Å²) < 4.78 is 5.39. The first-order valence-corrected chi connectivity index (χ1v) is 6.62. The van der Waals surface area contributed by atoms with Gasteiger partial charge in [-0.25, -0.2) is 0 Å². The summed E-state index contributed by atoms with van der Waals surface area (Å²) >= 11 is 0. The van der Waals surface area contributed by atoms with Gasteiger partial charge in [-0.1, -0.05) is 24.3 Å². The summed E-state index contributed by atoms with van der Waals surface area (Å²) in [5.41, 5.74) is 1.17. The Morgan fingerprint density at radius 1 is 1.20 bits per heavy atom. The second-order valence-corrected chi connectivity index (χ2v) is 4.95. The van der Waals surface area contributed by atoms with Gasteiger partial charge in [-0.3, -0.25) is 9.78 Å². The number of aromatic nitrogens is 1. The highest BCUT2D eigenvalue weighted by Gasteiger charge is 2.47. The van der Waals surface area contributed by atoms with E-state index in [0.717, 1.165) is 24.2 Å². The number of carbonyl (C=O) groups is 1. The van der Waals surface area contributed by atoms with Gasteiger partial charge in [0.1, 0.15) is 11.4 Å². The highest BCUT2D eigenvalue weighted by atomic mass is 16.5. The Morgan fingerprint density at radius 3 is 2.60 bits per heavy atom. The van der Waals surface area contributed by atoms with Crippen LogP contribution in [-0.2, 0) is 5.54 Å². The molecule has 1 amide bonds. The number of carbonyl (C=O) groups excluding carboxylic acids is 1. The summed E-state index contributed by atoms with van der Waals surface area (Å²) in [6, 6.07) is 13.1. The molecule has 3 rings (SSSR count). The largest absolute Gasteiger partial charge is 0.496 e. The zero-order chi connectivity index (χ0) is 14.0. The van der Waals surface area contributed by atoms with Crippen molar-refractivity contribution in [1.82, 2.24) is 10.3 Å². The van der Waals surface area contributed by atoms with Crippen LogP contribution in [0, 0.1) is 0 Å². The molecule has 0 bridgehead atoms. The lowest BCUT2D eigenvalue weighted by atomic mass is 10.0. The van der Waals surface area contributed by atoms with Gasteiger partial charge in [0.05, 0.1) is 12.6 Å². The number of hydrogen-bond donors (Lipinski definition) is 1. The molecule has 0 radical (unpaired) electrons. The van der Waals surface area contributed by atoms with Gasteiger partial charge < -0.3 is 10.1 Å². The van der Waals surface area contributed by atoms with Crippen LogP contribution >= 0.6 is 0 Å². The van der Waals surface area contributed by atoms with Crippen LogP contribution in [0.4, 0.5) is 0 Å². The summed E-state index contributed by atoms with van der Waals surface area (Å²) in [6.45, 7) is 0. The van der Waals surface area contributed by atoms with Crippen LogP contribution in [-0.4, -0.2) is 18.0 Å². The fourth-order valence-electron chi connectivity index (χ4n) is 2.41. The Kier molecular flexibility index (Phi) is 3.14. The lowest BCUT2D eigenvalue weighted by Crippen LogP contribution is -2.35. The second kappa shape index (κ2) is 4.96. The minimum atomic E-state index is -0.304. The molecule has 1 aromatic carbocycles. The van der Waals surface area contributed by atoms with E-state index in [4.69, 9.17) is 4.74 Å². The minimum Gasteiger partial charge on any atom is -0.496 e. The van der Waals surface area contributed by atoms with Crippen molar-refractivity contribution >= 4 is 5.91 Å². The predicted octanol–water partition coefficient (Wildman–Crippen LogP) is 2.51. The Hall–Kier alpha value is -2.36. The maximum Gasteiger partial charge on any atom is 0.270 e. The van der Waals surface area contributed by atoms with E-state index >= 15 is 0 Å². The van der Waals surface area contributed by atoms with E-state index in [-0.39, 0.29) is 11.4 Å². The van der Waals surface area contributed by atoms with Crippen LogP contribution in [0.15, 0.2) is 48.7 Å². The van der Waals surface area contributed by atoms with Crippen molar-refractivity contribution in [3.8, 4) is 5.75 Å². The first-order chi connectivity index (χ1) is 9.75. The summed E-state index contributed by atoms with van der Waals surface area (Å²) in [4.78, 5) is 16.3. The summed E-state index contributed by atoms with van der Waals surface area (Å²) in [5.74, 6) is 0.667. The molecule has 0 unspecified atom stereocenters. The molecule has 0 aliphatic heterocycles. The van der Waals surface area contributed by atoms with Crippen LogP contribution in [0.5, 0.6) is 5.75 Å². The van der Waals surface area contributed by atoms with E-state index in [9.17, 15) is 4.79 Å². The van der Waals surface area contributed by atoms with Gasteiger partial charge in [-0.2, -0.15) is 0 Å². The molecule has 1 aliphatic carbocycles. The van der Waals surface area contributed by atoms with Crippen molar-refractivity contribution in [2.45, 2.75) is 18.4 Å². The van der Waals surface area contributed by atoms with Crippen LogP contribution in [0.25, 0.3) is 0 Å². The van der Waals surface area contributed by atoms with Crippen molar-refractivity contribution in [2.24, 2.45) is 0 Å². The zero-order valence-corrected chi connectivity index (χ0v) is 11.3. The number of pyridine rings is 1. The first-order valence-electron chi connectivity index (χ1n) is 6.62. The Balaban J connectivity index is 1.85. The molecule has 20 heavy (non-hydrogen) atoms. The molecule has 4 nitrogen and oxygen atoms in total. The van der Waals surface area contributed by atoms with E-state index in [1.54, 1.807) is 25.4 Å². The van der Waals surface area contributed by atoms with Gasteiger partial charge in [-0.15, -0.1) is 0 Å². The van der Waals surface area contributed by atoms with Crippen LogP contribution in [0.1, 0.15) is 28.9 Å². The average molecular weight is 268 g/mol. The van der Waals surface area contributed by atoms with Gasteiger partial charge in [0.2, 0.25) is 0 Å². The Morgan fingerprint density at radius 2 is 1.95 bits per heavy atom. The van der Waals surface area contributed by atoms with Crippen molar-refractivity contribution < 1.29 is 9.53 Å². The number of nitrogens with zero attached hydrogens (tertiary/aromatic N) is 1. The summed E-state index contributed by atoms with van der Waals surface area (Å²) in [6.07, 6.45) is 3.47. The normalized spacial score (nSPS) is 15.4. The number of amides is 1. The summed E-state index contributed by atoms with van der Waals surface area (Å²) in [7, 11) is 1.65. The van der Waals surface area contributed by atoms with Crippen molar-refractivity contribution in [1.29, 1.82) is 0 Å². The molecule has 4 heteroatoms. The smallest absolute Gasteiger partial charge is 0.270 e. The Labute approximate surface area is 117 Å². The van der Waals surface area contributed by atoms with Crippen LogP contribution in [0.3, 0.4) is 0 Å². The summed E-state index contributed by atoms with van der Waals surface area (Å²) in [5, 5.41) is 3.09. The molecule has 0 saturated heterocycles. The predicted molar refractivity (Wildman–Crippen MR) is 75.6 cm³/mol. The third-order valence-electron chi connectivity index (χ3n) is 3.62. The monoisotopic (exact) mass is 268 g/mol. The number of nitrogens with one attached hydrogen (secondary N) is 1. The van der Waals surface area contributed by atoms with E-state index in [1.165, 1.54) is 0 Å².